The van der Waals surface area contributed by atoms with Gasteiger partial charge in [-0.25, -0.2) is 12.8 Å². The zero-order chi connectivity index (χ0) is 31.1. The van der Waals surface area contributed by atoms with E-state index in [1.165, 1.54) is 35.2 Å². The van der Waals surface area contributed by atoms with Crippen LogP contribution in [0.1, 0.15) is 62.1 Å². The minimum Gasteiger partial charge on any atom is -0.352 e. The number of halogens is 2. The van der Waals surface area contributed by atoms with Gasteiger partial charge in [-0.15, -0.1) is 0 Å². The Morgan fingerprint density at radius 1 is 0.977 bits per heavy atom. The molecular formula is C33H39ClFN3O4S. The Morgan fingerprint density at radius 2 is 1.63 bits per heavy atom. The molecule has 1 aliphatic rings. The maximum absolute atomic E-state index is 14.2. The van der Waals surface area contributed by atoms with Crippen molar-refractivity contribution in [2.24, 2.45) is 0 Å². The average molecular weight is 628 g/mol. The van der Waals surface area contributed by atoms with Crippen molar-refractivity contribution >= 4 is 39.1 Å². The van der Waals surface area contributed by atoms with E-state index in [4.69, 9.17) is 11.6 Å². The highest BCUT2D eigenvalue weighted by Crippen LogP contribution is 2.29. The topological polar surface area (TPSA) is 86.8 Å². The standard InChI is InChI=1S/C33H39ClFN3O4S/c1-4-31(33(40)36-27-8-6-5-7-9-27)37(21-25-13-15-26(35)16-14-25)32(39)22-38(28-17-12-24(3)30(34)20-28)43(41,42)29-18-10-23(2)11-19-29/h10-20,27,31H,4-9,21-22H2,1-3H3,(H,36,40). The number of sulfonamides is 1. The first kappa shape index (κ1) is 32.5. The monoisotopic (exact) mass is 627 g/mol. The van der Waals surface area contributed by atoms with Gasteiger partial charge in [0.25, 0.3) is 10.0 Å². The number of carbonyl (C=O) groups excluding carboxylic acids is 2. The number of benzene rings is 3. The fourth-order valence-corrected chi connectivity index (χ4v) is 6.93. The summed E-state index contributed by atoms with van der Waals surface area (Å²) in [6, 6.07) is 16.1. The molecule has 3 aromatic carbocycles. The van der Waals surface area contributed by atoms with Crippen LogP contribution in [0, 0.1) is 19.7 Å². The summed E-state index contributed by atoms with van der Waals surface area (Å²) in [6.45, 7) is 4.91. The molecule has 43 heavy (non-hydrogen) atoms. The quantitative estimate of drug-likeness (QED) is 0.261. The van der Waals surface area contributed by atoms with E-state index in [-0.39, 0.29) is 29.1 Å². The Bertz CT molecular complexity index is 1520. The van der Waals surface area contributed by atoms with Crippen LogP contribution in [0.2, 0.25) is 5.02 Å². The molecule has 10 heteroatoms. The first-order valence-corrected chi connectivity index (χ1v) is 16.5. The van der Waals surface area contributed by atoms with Gasteiger partial charge in [0, 0.05) is 17.6 Å². The van der Waals surface area contributed by atoms with E-state index in [0.29, 0.717) is 17.0 Å². The van der Waals surface area contributed by atoms with E-state index < -0.39 is 34.3 Å². The zero-order valence-electron chi connectivity index (χ0n) is 24.9. The van der Waals surface area contributed by atoms with Crippen molar-refractivity contribution in [3.8, 4) is 0 Å². The summed E-state index contributed by atoms with van der Waals surface area (Å²) in [5.74, 6) is -1.27. The molecule has 2 amide bonds. The third-order valence-electron chi connectivity index (χ3n) is 7.93. The molecule has 0 aliphatic heterocycles. The number of rotatable bonds is 11. The molecule has 0 saturated heterocycles. The van der Waals surface area contributed by atoms with E-state index >= 15 is 0 Å². The van der Waals surface area contributed by atoms with E-state index in [1.807, 2.05) is 13.8 Å². The van der Waals surface area contributed by atoms with Gasteiger partial charge in [-0.1, -0.05) is 73.7 Å². The average Bonchev–Trinajstić information content (AvgIpc) is 2.99. The van der Waals surface area contributed by atoms with E-state index in [2.05, 4.69) is 5.32 Å². The van der Waals surface area contributed by atoms with Gasteiger partial charge >= 0.3 is 0 Å². The SMILES string of the molecule is CCC(C(=O)NC1CCCCC1)N(Cc1ccc(F)cc1)C(=O)CN(c1ccc(C)c(Cl)c1)S(=O)(=O)c1ccc(C)cc1. The van der Waals surface area contributed by atoms with Crippen molar-refractivity contribution in [2.45, 2.75) is 82.8 Å². The van der Waals surface area contributed by atoms with E-state index in [0.717, 1.165) is 47.5 Å². The first-order chi connectivity index (χ1) is 20.5. The molecule has 1 atom stereocenters. The highest BCUT2D eigenvalue weighted by atomic mass is 35.5. The van der Waals surface area contributed by atoms with Crippen LogP contribution in [0.15, 0.2) is 71.6 Å². The molecule has 0 heterocycles. The number of carbonyl (C=O) groups is 2. The van der Waals surface area contributed by atoms with Crippen molar-refractivity contribution in [3.05, 3.63) is 94.3 Å². The normalized spacial score (nSPS) is 14.6. The van der Waals surface area contributed by atoms with Crippen molar-refractivity contribution < 1.29 is 22.4 Å². The molecule has 0 radical (unpaired) electrons. The van der Waals surface area contributed by atoms with Crippen molar-refractivity contribution in [1.82, 2.24) is 10.2 Å². The minimum atomic E-state index is -4.21. The fraction of sp³-hybridized carbons (Fsp3) is 0.394. The molecule has 1 unspecified atom stereocenters. The molecule has 230 valence electrons. The van der Waals surface area contributed by atoms with Crippen LogP contribution in [0.3, 0.4) is 0 Å². The second kappa shape index (κ2) is 14.4. The lowest BCUT2D eigenvalue weighted by Crippen LogP contribution is -2.54. The Hall–Kier alpha value is -3.43. The lowest BCUT2D eigenvalue weighted by Gasteiger charge is -2.34. The van der Waals surface area contributed by atoms with Crippen LogP contribution >= 0.6 is 11.6 Å². The van der Waals surface area contributed by atoms with Crippen LogP contribution in [-0.4, -0.2) is 43.8 Å². The van der Waals surface area contributed by atoms with Gasteiger partial charge in [0.1, 0.15) is 18.4 Å². The van der Waals surface area contributed by atoms with Crippen LogP contribution in [0.25, 0.3) is 0 Å². The van der Waals surface area contributed by atoms with Crippen molar-refractivity contribution in [1.29, 1.82) is 0 Å². The Kier molecular flexibility index (Phi) is 10.8. The van der Waals surface area contributed by atoms with Gasteiger partial charge in [0.15, 0.2) is 0 Å². The number of aryl methyl sites for hydroxylation is 2. The second-order valence-electron chi connectivity index (χ2n) is 11.2. The lowest BCUT2D eigenvalue weighted by atomic mass is 9.95. The van der Waals surface area contributed by atoms with E-state index in [1.54, 1.807) is 43.3 Å². The smallest absolute Gasteiger partial charge is 0.264 e. The summed E-state index contributed by atoms with van der Waals surface area (Å²) in [5.41, 5.74) is 2.49. The summed E-state index contributed by atoms with van der Waals surface area (Å²) in [7, 11) is -4.21. The second-order valence-corrected chi connectivity index (χ2v) is 13.4. The maximum atomic E-state index is 14.2. The van der Waals surface area contributed by atoms with Crippen LogP contribution in [-0.2, 0) is 26.2 Å². The lowest BCUT2D eigenvalue weighted by molar-refractivity contribution is -0.140. The number of amides is 2. The molecule has 1 saturated carbocycles. The molecule has 1 N–H and O–H groups in total. The highest BCUT2D eigenvalue weighted by molar-refractivity contribution is 7.92. The number of hydrogen-bond acceptors (Lipinski definition) is 4. The van der Waals surface area contributed by atoms with Crippen LogP contribution in [0.5, 0.6) is 0 Å². The summed E-state index contributed by atoms with van der Waals surface area (Å²) in [4.78, 5) is 29.2. The highest BCUT2D eigenvalue weighted by Gasteiger charge is 2.34. The molecule has 1 aliphatic carbocycles. The molecule has 0 bridgehead atoms. The molecular weight excluding hydrogens is 589 g/mol. The number of nitrogens with zero attached hydrogens (tertiary/aromatic N) is 2. The zero-order valence-corrected chi connectivity index (χ0v) is 26.4. The van der Waals surface area contributed by atoms with Gasteiger partial charge < -0.3 is 10.2 Å². The number of nitrogens with one attached hydrogen (secondary N) is 1. The Balaban J connectivity index is 1.72. The molecule has 0 aromatic heterocycles. The third-order valence-corrected chi connectivity index (χ3v) is 10.1. The number of anilines is 1. The summed E-state index contributed by atoms with van der Waals surface area (Å²) in [5, 5.41) is 3.48. The predicted molar refractivity (Wildman–Crippen MR) is 168 cm³/mol. The predicted octanol–water partition coefficient (Wildman–Crippen LogP) is 6.55. The van der Waals surface area contributed by atoms with Gasteiger partial charge in [0.05, 0.1) is 10.6 Å². The van der Waals surface area contributed by atoms with Crippen molar-refractivity contribution in [2.75, 3.05) is 10.8 Å². The third kappa shape index (κ3) is 8.15. The summed E-state index contributed by atoms with van der Waals surface area (Å²) < 4.78 is 42.8. The molecule has 4 rings (SSSR count). The van der Waals surface area contributed by atoms with Gasteiger partial charge in [-0.05, 0) is 80.6 Å². The summed E-state index contributed by atoms with van der Waals surface area (Å²) in [6.07, 6.45) is 5.27. The molecule has 1 fully saturated rings. The first-order valence-electron chi connectivity index (χ1n) is 14.7. The van der Waals surface area contributed by atoms with Crippen LogP contribution in [0.4, 0.5) is 10.1 Å². The van der Waals surface area contributed by atoms with Gasteiger partial charge in [-0.3, -0.25) is 13.9 Å². The van der Waals surface area contributed by atoms with Crippen LogP contribution < -0.4 is 9.62 Å². The van der Waals surface area contributed by atoms with Gasteiger partial charge in [-0.2, -0.15) is 0 Å². The Morgan fingerprint density at radius 3 is 2.23 bits per heavy atom. The van der Waals surface area contributed by atoms with Gasteiger partial charge in [0.2, 0.25) is 11.8 Å². The summed E-state index contributed by atoms with van der Waals surface area (Å²) >= 11 is 6.40. The van der Waals surface area contributed by atoms with E-state index in [9.17, 15) is 22.4 Å². The Labute approximate surface area is 259 Å². The molecule has 7 nitrogen and oxygen atoms in total. The minimum absolute atomic E-state index is 0.00276. The largest absolute Gasteiger partial charge is 0.352 e. The number of hydrogen-bond donors (Lipinski definition) is 1. The molecule has 3 aromatic rings. The maximum Gasteiger partial charge on any atom is 0.264 e. The fourth-order valence-electron chi connectivity index (χ4n) is 5.35. The van der Waals surface area contributed by atoms with Crippen molar-refractivity contribution in [3.63, 3.8) is 0 Å². The molecule has 0 spiro atoms.